The maximum Gasteiger partial charge on any atom is 0.296 e. The molecule has 0 radical (unpaired) electrons. The molecule has 0 saturated carbocycles. The number of carbonyl (C=O) groups excluding carboxylic acids is 2. The van der Waals surface area contributed by atoms with E-state index in [2.05, 4.69) is 0 Å². The van der Waals surface area contributed by atoms with Gasteiger partial charge in [0.25, 0.3) is 11.7 Å². The highest BCUT2D eigenvalue weighted by Gasteiger charge is 2.46. The van der Waals surface area contributed by atoms with E-state index in [1.165, 1.54) is 23.3 Å². The molecule has 1 N–H and O–H groups in total. The second kappa shape index (κ2) is 8.61. The highest BCUT2D eigenvalue weighted by Crippen LogP contribution is 2.41. The summed E-state index contributed by atoms with van der Waals surface area (Å²) in [5.74, 6) is -1.24. The third-order valence-electron chi connectivity index (χ3n) is 5.34. The van der Waals surface area contributed by atoms with Crippen molar-refractivity contribution in [3.05, 3.63) is 98.9 Å². The third kappa shape index (κ3) is 3.99. The molecule has 1 aliphatic rings. The maximum atomic E-state index is 13.0. The quantitative estimate of drug-likeness (QED) is 0.301. The fraction of sp³-hybridized carbons (Fsp3) is 0.167. The van der Waals surface area contributed by atoms with Gasteiger partial charge in [0, 0.05) is 5.56 Å². The van der Waals surface area contributed by atoms with Gasteiger partial charge in [-0.1, -0.05) is 54.4 Å². The second-order valence-electron chi connectivity index (χ2n) is 7.23. The summed E-state index contributed by atoms with van der Waals surface area (Å²) in [4.78, 5) is 27.4. The number of halogens is 2. The van der Waals surface area contributed by atoms with Gasteiger partial charge in [-0.05, 0) is 47.9 Å². The Morgan fingerprint density at radius 3 is 2.42 bits per heavy atom. The van der Waals surface area contributed by atoms with Gasteiger partial charge in [0.1, 0.15) is 11.5 Å². The van der Waals surface area contributed by atoms with Crippen LogP contribution in [0.4, 0.5) is 0 Å². The number of carbonyl (C=O) groups is 2. The number of Topliss-reactive ketones (excluding diaryl/α,β-unsaturated/α-hetero) is 1. The lowest BCUT2D eigenvalue weighted by molar-refractivity contribution is -0.140. The number of hydrogen-bond donors (Lipinski definition) is 1. The molecule has 158 valence electrons. The van der Waals surface area contributed by atoms with Crippen LogP contribution in [0.1, 0.15) is 35.4 Å². The first kappa shape index (κ1) is 21.2. The van der Waals surface area contributed by atoms with E-state index in [4.69, 9.17) is 27.6 Å². The molecule has 1 amide bonds. The summed E-state index contributed by atoms with van der Waals surface area (Å²) < 4.78 is 5.39. The van der Waals surface area contributed by atoms with E-state index < -0.39 is 17.7 Å². The average molecular weight is 456 g/mol. The Hall–Kier alpha value is -3.02. The molecule has 4 rings (SSSR count). The van der Waals surface area contributed by atoms with Gasteiger partial charge in [-0.15, -0.1) is 0 Å². The minimum atomic E-state index is -0.773. The lowest BCUT2D eigenvalue weighted by Crippen LogP contribution is -2.29. The first-order valence-corrected chi connectivity index (χ1v) is 10.5. The predicted molar refractivity (Wildman–Crippen MR) is 119 cm³/mol. The Balaban J connectivity index is 1.86. The van der Waals surface area contributed by atoms with Crippen LogP contribution in [0.3, 0.4) is 0 Å². The average Bonchev–Trinajstić information content (AvgIpc) is 3.38. The topological polar surface area (TPSA) is 70.8 Å². The fourth-order valence-corrected chi connectivity index (χ4v) is 3.99. The summed E-state index contributed by atoms with van der Waals surface area (Å²) in [6.45, 7) is 2.14. The van der Waals surface area contributed by atoms with Crippen LogP contribution < -0.4 is 0 Å². The van der Waals surface area contributed by atoms with Crippen molar-refractivity contribution in [3.63, 3.8) is 0 Å². The molecule has 2 heterocycles. The van der Waals surface area contributed by atoms with Gasteiger partial charge < -0.3 is 14.4 Å². The summed E-state index contributed by atoms with van der Waals surface area (Å²) in [7, 11) is 0. The zero-order chi connectivity index (χ0) is 22.1. The first-order chi connectivity index (χ1) is 14.9. The SMILES string of the molecule is CCc1ccc(C2/C(=C(/O)c3ccc(Cl)c(Cl)c3)C(=O)C(=O)N2Cc2ccco2)cc1. The lowest BCUT2D eigenvalue weighted by atomic mass is 9.94. The van der Waals surface area contributed by atoms with Gasteiger partial charge in [-0.25, -0.2) is 0 Å². The summed E-state index contributed by atoms with van der Waals surface area (Å²) in [6, 6.07) is 14.9. The highest BCUT2D eigenvalue weighted by molar-refractivity contribution is 6.46. The zero-order valence-electron chi connectivity index (χ0n) is 16.6. The van der Waals surface area contributed by atoms with Crippen LogP contribution in [-0.2, 0) is 22.6 Å². The number of hydrogen-bond acceptors (Lipinski definition) is 4. The molecule has 1 aliphatic heterocycles. The Morgan fingerprint density at radius 1 is 1.06 bits per heavy atom. The molecule has 1 unspecified atom stereocenters. The summed E-state index contributed by atoms with van der Waals surface area (Å²) >= 11 is 12.1. The highest BCUT2D eigenvalue weighted by atomic mass is 35.5. The minimum Gasteiger partial charge on any atom is -0.507 e. The normalized spacial score (nSPS) is 18.0. The molecule has 1 aromatic heterocycles. The molecular formula is C24H19Cl2NO4. The molecule has 1 fully saturated rings. The Morgan fingerprint density at radius 2 is 1.81 bits per heavy atom. The number of benzene rings is 2. The molecule has 0 bridgehead atoms. The number of likely N-dealkylation sites (tertiary alicyclic amines) is 1. The summed E-state index contributed by atoms with van der Waals surface area (Å²) in [5.41, 5.74) is 2.14. The number of aliphatic hydroxyl groups excluding tert-OH is 1. The van der Waals surface area contributed by atoms with Crippen molar-refractivity contribution in [2.24, 2.45) is 0 Å². The second-order valence-corrected chi connectivity index (χ2v) is 8.04. The first-order valence-electron chi connectivity index (χ1n) is 9.75. The summed E-state index contributed by atoms with van der Waals surface area (Å²) in [6.07, 6.45) is 2.36. The Labute approximate surface area is 189 Å². The zero-order valence-corrected chi connectivity index (χ0v) is 18.2. The molecule has 7 heteroatoms. The Bertz CT molecular complexity index is 1170. The van der Waals surface area contributed by atoms with Crippen molar-refractivity contribution < 1.29 is 19.1 Å². The van der Waals surface area contributed by atoms with Gasteiger partial charge in [-0.2, -0.15) is 0 Å². The van der Waals surface area contributed by atoms with Crippen molar-refractivity contribution in [2.75, 3.05) is 0 Å². The smallest absolute Gasteiger partial charge is 0.296 e. The van der Waals surface area contributed by atoms with Crippen molar-refractivity contribution in [1.82, 2.24) is 4.90 Å². The molecule has 3 aromatic rings. The minimum absolute atomic E-state index is 0.000747. The number of ketones is 1. The van der Waals surface area contributed by atoms with E-state index in [-0.39, 0.29) is 22.9 Å². The van der Waals surface area contributed by atoms with Crippen LogP contribution in [0.2, 0.25) is 10.0 Å². The summed E-state index contributed by atoms with van der Waals surface area (Å²) in [5, 5.41) is 11.6. The monoisotopic (exact) mass is 455 g/mol. The van der Waals surface area contributed by atoms with Crippen molar-refractivity contribution in [1.29, 1.82) is 0 Å². The molecule has 0 aliphatic carbocycles. The van der Waals surface area contributed by atoms with Crippen LogP contribution in [0, 0.1) is 0 Å². The van der Waals surface area contributed by atoms with E-state index >= 15 is 0 Å². The van der Waals surface area contributed by atoms with E-state index in [0.29, 0.717) is 21.9 Å². The largest absolute Gasteiger partial charge is 0.507 e. The molecular weight excluding hydrogens is 437 g/mol. The molecule has 31 heavy (non-hydrogen) atoms. The number of rotatable bonds is 5. The number of nitrogens with zero attached hydrogens (tertiary/aromatic N) is 1. The maximum absolute atomic E-state index is 13.0. The van der Waals surface area contributed by atoms with Gasteiger partial charge >= 0.3 is 0 Å². The van der Waals surface area contributed by atoms with E-state index in [9.17, 15) is 14.7 Å². The van der Waals surface area contributed by atoms with E-state index in [1.54, 1.807) is 18.2 Å². The molecule has 5 nitrogen and oxygen atoms in total. The van der Waals surface area contributed by atoms with E-state index in [0.717, 1.165) is 12.0 Å². The van der Waals surface area contributed by atoms with Crippen molar-refractivity contribution in [3.8, 4) is 0 Å². The van der Waals surface area contributed by atoms with Crippen molar-refractivity contribution >= 4 is 40.7 Å². The predicted octanol–water partition coefficient (Wildman–Crippen LogP) is 5.77. The molecule has 0 spiro atoms. The van der Waals surface area contributed by atoms with E-state index in [1.807, 2.05) is 31.2 Å². The van der Waals surface area contributed by atoms with Crippen LogP contribution in [0.25, 0.3) is 5.76 Å². The van der Waals surface area contributed by atoms with Crippen LogP contribution >= 0.6 is 23.2 Å². The number of furan rings is 1. The molecule has 2 aromatic carbocycles. The molecule has 1 saturated heterocycles. The number of amides is 1. The van der Waals surface area contributed by atoms with Gasteiger partial charge in [0.2, 0.25) is 0 Å². The number of aryl methyl sites for hydroxylation is 1. The lowest BCUT2D eigenvalue weighted by Gasteiger charge is -2.24. The van der Waals surface area contributed by atoms with Gasteiger partial charge in [0.15, 0.2) is 0 Å². The number of aliphatic hydroxyl groups is 1. The van der Waals surface area contributed by atoms with Gasteiger partial charge in [-0.3, -0.25) is 9.59 Å². The van der Waals surface area contributed by atoms with Crippen molar-refractivity contribution in [2.45, 2.75) is 25.9 Å². The Kier molecular flexibility index (Phi) is 5.90. The van der Waals surface area contributed by atoms with Crippen LogP contribution in [-0.4, -0.2) is 21.7 Å². The van der Waals surface area contributed by atoms with Crippen LogP contribution in [0.15, 0.2) is 70.9 Å². The standard InChI is InChI=1S/C24H19Cl2NO4/c1-2-14-5-7-15(8-6-14)21-20(22(28)16-9-10-18(25)19(26)12-16)23(29)24(30)27(21)13-17-4-3-11-31-17/h3-12,21,28H,2,13H2,1H3/b22-20-. The van der Waals surface area contributed by atoms with Gasteiger partial charge in [0.05, 0.1) is 34.5 Å². The molecule has 1 atom stereocenters. The fourth-order valence-electron chi connectivity index (χ4n) is 3.69. The van der Waals surface area contributed by atoms with Crippen LogP contribution in [0.5, 0.6) is 0 Å². The third-order valence-corrected chi connectivity index (χ3v) is 6.08.